The monoisotopic (exact) mass is 215 g/mol. The van der Waals surface area contributed by atoms with Crippen LogP contribution in [-0.2, 0) is 0 Å². The average molecular weight is 215 g/mol. The van der Waals surface area contributed by atoms with E-state index in [2.05, 4.69) is 26.1 Å². The third-order valence-corrected chi connectivity index (χ3v) is 3.99. The molecule has 1 nitrogen and oxygen atoms in total. The topological polar surface area (TPSA) is 12.0 Å². The Labute approximate surface area is 93.4 Å². The molecule has 0 radical (unpaired) electrons. The van der Waals surface area contributed by atoms with Crippen LogP contribution in [0.4, 0.5) is 0 Å². The van der Waals surface area contributed by atoms with E-state index in [0.29, 0.717) is 5.41 Å². The Morgan fingerprint density at radius 3 is 2.86 bits per heavy atom. The van der Waals surface area contributed by atoms with E-state index in [1.54, 1.807) is 0 Å². The maximum atomic E-state index is 3.69. The van der Waals surface area contributed by atoms with Gasteiger partial charge in [0.15, 0.2) is 0 Å². The van der Waals surface area contributed by atoms with Gasteiger partial charge in [0.05, 0.1) is 0 Å². The van der Waals surface area contributed by atoms with Gasteiger partial charge in [0, 0.05) is 18.3 Å². The number of hydrogen-bond acceptors (Lipinski definition) is 2. The highest BCUT2D eigenvalue weighted by Crippen LogP contribution is 2.34. The van der Waals surface area contributed by atoms with Crippen molar-refractivity contribution in [1.82, 2.24) is 5.32 Å². The second-order valence-electron chi connectivity index (χ2n) is 5.11. The van der Waals surface area contributed by atoms with Crippen molar-refractivity contribution in [3.63, 3.8) is 0 Å². The van der Waals surface area contributed by atoms with Crippen molar-refractivity contribution in [2.75, 3.05) is 18.1 Å². The van der Waals surface area contributed by atoms with E-state index in [0.717, 1.165) is 6.04 Å². The van der Waals surface area contributed by atoms with Crippen LogP contribution in [0.25, 0.3) is 0 Å². The van der Waals surface area contributed by atoms with Gasteiger partial charge in [-0.2, -0.15) is 11.8 Å². The van der Waals surface area contributed by atoms with E-state index in [1.165, 1.54) is 43.7 Å². The predicted molar refractivity (Wildman–Crippen MR) is 67.0 cm³/mol. The Balaban J connectivity index is 2.12. The molecule has 1 saturated carbocycles. The van der Waals surface area contributed by atoms with Crippen LogP contribution in [0, 0.1) is 5.41 Å². The fourth-order valence-electron chi connectivity index (χ4n) is 2.35. The highest BCUT2D eigenvalue weighted by molar-refractivity contribution is 7.99. The second kappa shape index (κ2) is 6.02. The lowest BCUT2D eigenvalue weighted by atomic mass is 9.75. The number of rotatable bonds is 5. The first-order valence-corrected chi connectivity index (χ1v) is 7.10. The molecule has 0 bridgehead atoms. The normalized spacial score (nSPS) is 26.4. The zero-order chi connectivity index (χ0) is 10.4. The molecule has 1 fully saturated rings. The van der Waals surface area contributed by atoms with E-state index in [4.69, 9.17) is 0 Å². The Morgan fingerprint density at radius 1 is 1.43 bits per heavy atom. The van der Waals surface area contributed by atoms with Crippen molar-refractivity contribution in [2.45, 2.75) is 52.5 Å². The summed E-state index contributed by atoms with van der Waals surface area (Å²) >= 11 is 2.03. The second-order valence-corrected chi connectivity index (χ2v) is 6.50. The predicted octanol–water partition coefficient (Wildman–Crippen LogP) is 3.30. The van der Waals surface area contributed by atoms with Crippen LogP contribution in [-0.4, -0.2) is 24.1 Å². The minimum absolute atomic E-state index is 0.577. The van der Waals surface area contributed by atoms with Crippen molar-refractivity contribution >= 4 is 11.8 Å². The minimum Gasteiger partial charge on any atom is -0.313 e. The van der Waals surface area contributed by atoms with Crippen LogP contribution in [0.3, 0.4) is 0 Å². The lowest BCUT2D eigenvalue weighted by molar-refractivity contribution is 0.200. The summed E-state index contributed by atoms with van der Waals surface area (Å²) in [5.41, 5.74) is 0.577. The zero-order valence-electron chi connectivity index (χ0n) is 9.94. The van der Waals surface area contributed by atoms with E-state index in [-0.39, 0.29) is 0 Å². The summed E-state index contributed by atoms with van der Waals surface area (Å²) in [6, 6.07) is 0.788. The lowest BCUT2D eigenvalue weighted by Gasteiger charge is -2.35. The van der Waals surface area contributed by atoms with Crippen LogP contribution in [0.15, 0.2) is 0 Å². The van der Waals surface area contributed by atoms with Gasteiger partial charge in [-0.1, -0.05) is 27.2 Å². The first kappa shape index (κ1) is 12.4. The minimum atomic E-state index is 0.577. The van der Waals surface area contributed by atoms with E-state index >= 15 is 0 Å². The molecule has 0 saturated heterocycles. The first-order chi connectivity index (χ1) is 6.64. The van der Waals surface area contributed by atoms with E-state index in [9.17, 15) is 0 Å². The fourth-order valence-corrected chi connectivity index (χ4v) is 2.90. The van der Waals surface area contributed by atoms with Crippen molar-refractivity contribution in [1.29, 1.82) is 0 Å². The summed E-state index contributed by atoms with van der Waals surface area (Å²) in [6.07, 6.45) is 5.57. The quantitative estimate of drug-likeness (QED) is 0.706. The smallest absolute Gasteiger partial charge is 0.00724 e. The molecule has 14 heavy (non-hydrogen) atoms. The van der Waals surface area contributed by atoms with Gasteiger partial charge in [-0.05, 0) is 30.4 Å². The molecule has 0 spiro atoms. The molecule has 2 heteroatoms. The number of nitrogens with one attached hydrogen (secondary N) is 1. The highest BCUT2D eigenvalue weighted by atomic mass is 32.2. The molecule has 0 aliphatic heterocycles. The summed E-state index contributed by atoms with van der Waals surface area (Å²) in [4.78, 5) is 0. The Morgan fingerprint density at radius 2 is 2.21 bits per heavy atom. The molecule has 1 unspecified atom stereocenters. The lowest BCUT2D eigenvalue weighted by Crippen LogP contribution is -2.38. The fraction of sp³-hybridized carbons (Fsp3) is 1.00. The van der Waals surface area contributed by atoms with Crippen molar-refractivity contribution < 1.29 is 0 Å². The number of thioether (sulfide) groups is 1. The molecule has 0 amide bonds. The third kappa shape index (κ3) is 4.70. The van der Waals surface area contributed by atoms with Gasteiger partial charge in [-0.3, -0.25) is 0 Å². The average Bonchev–Trinajstić information content (AvgIpc) is 2.11. The number of hydrogen-bond donors (Lipinski definition) is 1. The first-order valence-electron chi connectivity index (χ1n) is 5.95. The largest absolute Gasteiger partial charge is 0.313 e. The van der Waals surface area contributed by atoms with Crippen LogP contribution >= 0.6 is 11.8 Å². The summed E-state index contributed by atoms with van der Waals surface area (Å²) < 4.78 is 0. The molecule has 1 aliphatic rings. The zero-order valence-corrected chi connectivity index (χ0v) is 10.8. The Bertz CT molecular complexity index is 156. The maximum absolute atomic E-state index is 3.69. The molecule has 0 heterocycles. The van der Waals surface area contributed by atoms with E-state index < -0.39 is 0 Å². The van der Waals surface area contributed by atoms with Gasteiger partial charge in [-0.25, -0.2) is 0 Å². The molecule has 1 N–H and O–H groups in total. The SMILES string of the molecule is CCSCCNC1CCCC(C)(C)C1. The molecule has 1 aliphatic carbocycles. The van der Waals surface area contributed by atoms with Crippen molar-refractivity contribution in [3.8, 4) is 0 Å². The summed E-state index contributed by atoms with van der Waals surface area (Å²) in [6.45, 7) is 8.23. The van der Waals surface area contributed by atoms with Crippen LogP contribution in [0.2, 0.25) is 0 Å². The van der Waals surface area contributed by atoms with Crippen molar-refractivity contribution in [3.05, 3.63) is 0 Å². The van der Waals surface area contributed by atoms with Gasteiger partial charge in [0.25, 0.3) is 0 Å². The Kier molecular flexibility index (Phi) is 5.32. The Hall–Kier alpha value is 0.310. The van der Waals surface area contributed by atoms with Crippen molar-refractivity contribution in [2.24, 2.45) is 5.41 Å². The van der Waals surface area contributed by atoms with Crippen LogP contribution in [0.5, 0.6) is 0 Å². The van der Waals surface area contributed by atoms with Crippen LogP contribution in [0.1, 0.15) is 46.5 Å². The van der Waals surface area contributed by atoms with Gasteiger partial charge in [-0.15, -0.1) is 0 Å². The standard InChI is InChI=1S/C12H25NS/c1-4-14-9-8-13-11-6-5-7-12(2,3)10-11/h11,13H,4-10H2,1-3H3. The summed E-state index contributed by atoms with van der Waals surface area (Å²) in [5, 5.41) is 3.69. The van der Waals surface area contributed by atoms with E-state index in [1.807, 2.05) is 11.8 Å². The molecule has 84 valence electrons. The molecule has 1 atom stereocenters. The third-order valence-electron chi connectivity index (χ3n) is 3.09. The van der Waals surface area contributed by atoms with Gasteiger partial charge in [0.2, 0.25) is 0 Å². The molecule has 0 aromatic carbocycles. The highest BCUT2D eigenvalue weighted by Gasteiger charge is 2.27. The molecular weight excluding hydrogens is 190 g/mol. The van der Waals surface area contributed by atoms with Gasteiger partial charge >= 0.3 is 0 Å². The molecule has 1 rings (SSSR count). The summed E-state index contributed by atoms with van der Waals surface area (Å²) in [7, 11) is 0. The van der Waals surface area contributed by atoms with Crippen LogP contribution < -0.4 is 5.32 Å². The molecular formula is C12H25NS. The maximum Gasteiger partial charge on any atom is 0.00724 e. The van der Waals surface area contributed by atoms with Gasteiger partial charge < -0.3 is 5.32 Å². The van der Waals surface area contributed by atoms with Gasteiger partial charge in [0.1, 0.15) is 0 Å². The molecule has 0 aromatic rings. The summed E-state index contributed by atoms with van der Waals surface area (Å²) in [5.74, 6) is 2.52. The molecule has 0 aromatic heterocycles.